The van der Waals surface area contributed by atoms with Crippen LogP contribution in [0.3, 0.4) is 0 Å². The van der Waals surface area contributed by atoms with E-state index in [9.17, 15) is 4.79 Å². The summed E-state index contributed by atoms with van der Waals surface area (Å²) in [4.78, 5) is 11.3. The number of ether oxygens (including phenoxy) is 1. The Morgan fingerprint density at radius 1 is 0.633 bits per heavy atom. The molecule has 0 aromatic carbocycles. The lowest BCUT2D eigenvalue weighted by molar-refractivity contribution is -0.138. The van der Waals surface area contributed by atoms with Crippen LogP contribution in [-0.4, -0.2) is 24.3 Å². The molecule has 1 N–H and O–H groups in total. The molecular formula is C27H52O3. The van der Waals surface area contributed by atoms with Gasteiger partial charge in [-0.15, -0.1) is 0 Å². The Hall–Kier alpha value is -0.830. The van der Waals surface area contributed by atoms with Crippen LogP contribution in [0.2, 0.25) is 0 Å². The summed E-state index contributed by atoms with van der Waals surface area (Å²) in [6, 6.07) is 0. The van der Waals surface area contributed by atoms with Gasteiger partial charge in [-0.2, -0.15) is 0 Å². The van der Waals surface area contributed by atoms with E-state index in [2.05, 4.69) is 6.92 Å². The van der Waals surface area contributed by atoms with E-state index in [4.69, 9.17) is 9.84 Å². The van der Waals surface area contributed by atoms with Gasteiger partial charge in [0.2, 0.25) is 0 Å². The van der Waals surface area contributed by atoms with Gasteiger partial charge >= 0.3 is 5.97 Å². The van der Waals surface area contributed by atoms with E-state index in [0.717, 1.165) is 12.8 Å². The molecule has 0 aliphatic carbocycles. The Morgan fingerprint density at radius 2 is 1.03 bits per heavy atom. The van der Waals surface area contributed by atoms with Crippen molar-refractivity contribution in [2.75, 3.05) is 13.2 Å². The van der Waals surface area contributed by atoms with E-state index < -0.39 is 0 Å². The van der Waals surface area contributed by atoms with Gasteiger partial charge in [0, 0.05) is 19.1 Å². The number of rotatable bonds is 24. The van der Waals surface area contributed by atoms with Crippen molar-refractivity contribution in [3.63, 3.8) is 0 Å². The summed E-state index contributed by atoms with van der Waals surface area (Å²) in [6.45, 7) is 2.66. The van der Waals surface area contributed by atoms with Gasteiger partial charge in [0.1, 0.15) is 0 Å². The predicted molar refractivity (Wildman–Crippen MR) is 130 cm³/mol. The van der Waals surface area contributed by atoms with Crippen molar-refractivity contribution < 1.29 is 14.6 Å². The van der Waals surface area contributed by atoms with Crippen molar-refractivity contribution in [1.29, 1.82) is 0 Å². The molecule has 0 atom stereocenters. The van der Waals surface area contributed by atoms with Crippen LogP contribution in [0.15, 0.2) is 12.2 Å². The number of esters is 1. The average molecular weight is 425 g/mol. The Balaban J connectivity index is 3.12. The average Bonchev–Trinajstić information content (AvgIpc) is 2.75. The van der Waals surface area contributed by atoms with Gasteiger partial charge in [0.05, 0.1) is 6.61 Å². The predicted octanol–water partition coefficient (Wildman–Crippen LogP) is 8.29. The maximum absolute atomic E-state index is 11.3. The smallest absolute Gasteiger partial charge is 0.330 e. The van der Waals surface area contributed by atoms with Gasteiger partial charge in [0.15, 0.2) is 0 Å². The summed E-state index contributed by atoms with van der Waals surface area (Å²) in [5, 5.41) is 8.63. The molecule has 3 heteroatoms. The molecule has 3 nitrogen and oxygen atoms in total. The SMILES string of the molecule is CCCCCCCCCCCCCCCCCCCCCC=CC(=O)OCCCO. The first-order chi connectivity index (χ1) is 14.8. The summed E-state index contributed by atoms with van der Waals surface area (Å²) >= 11 is 0. The number of hydrogen-bond donors (Lipinski definition) is 1. The van der Waals surface area contributed by atoms with Gasteiger partial charge < -0.3 is 9.84 Å². The summed E-state index contributed by atoms with van der Waals surface area (Å²) in [6.07, 6.45) is 31.4. The maximum atomic E-state index is 11.3. The van der Waals surface area contributed by atoms with Gasteiger partial charge in [-0.1, -0.05) is 129 Å². The van der Waals surface area contributed by atoms with Crippen LogP contribution in [0, 0.1) is 0 Å². The first-order valence-corrected chi connectivity index (χ1v) is 13.3. The Morgan fingerprint density at radius 3 is 1.43 bits per heavy atom. The number of unbranched alkanes of at least 4 members (excludes halogenated alkanes) is 19. The fourth-order valence-corrected chi connectivity index (χ4v) is 3.81. The fourth-order valence-electron chi connectivity index (χ4n) is 3.81. The van der Waals surface area contributed by atoms with Gasteiger partial charge in [-0.3, -0.25) is 0 Å². The topological polar surface area (TPSA) is 46.5 Å². The highest BCUT2D eigenvalue weighted by molar-refractivity contribution is 5.81. The Kier molecular flexibility index (Phi) is 25.5. The van der Waals surface area contributed by atoms with Crippen LogP contribution in [0.25, 0.3) is 0 Å². The molecule has 0 rings (SSSR count). The Labute approximate surface area is 188 Å². The molecule has 0 radical (unpaired) electrons. The molecule has 0 unspecified atom stereocenters. The van der Waals surface area contributed by atoms with Crippen molar-refractivity contribution in [3.8, 4) is 0 Å². The zero-order chi connectivity index (χ0) is 22.0. The first kappa shape index (κ1) is 29.2. The van der Waals surface area contributed by atoms with Crippen molar-refractivity contribution in [3.05, 3.63) is 12.2 Å². The molecule has 0 aromatic rings. The molecular weight excluding hydrogens is 372 g/mol. The van der Waals surface area contributed by atoms with Gasteiger partial charge in [0.25, 0.3) is 0 Å². The van der Waals surface area contributed by atoms with Crippen LogP contribution >= 0.6 is 0 Å². The minimum atomic E-state index is -0.291. The molecule has 0 heterocycles. The quantitative estimate of drug-likeness (QED) is 0.0962. The molecule has 0 spiro atoms. The maximum Gasteiger partial charge on any atom is 0.330 e. The number of aliphatic hydroxyl groups excluding tert-OH is 1. The second-order valence-corrected chi connectivity index (χ2v) is 8.80. The summed E-state index contributed by atoms with van der Waals surface area (Å²) in [5.74, 6) is -0.291. The van der Waals surface area contributed by atoms with Crippen molar-refractivity contribution >= 4 is 5.97 Å². The van der Waals surface area contributed by atoms with Crippen LogP contribution in [-0.2, 0) is 9.53 Å². The molecule has 30 heavy (non-hydrogen) atoms. The van der Waals surface area contributed by atoms with Gasteiger partial charge in [-0.05, 0) is 12.8 Å². The normalized spacial score (nSPS) is 11.4. The van der Waals surface area contributed by atoms with E-state index in [1.54, 1.807) is 0 Å². The van der Waals surface area contributed by atoms with Gasteiger partial charge in [-0.25, -0.2) is 4.79 Å². The molecule has 0 amide bonds. The van der Waals surface area contributed by atoms with Crippen LogP contribution in [0.4, 0.5) is 0 Å². The standard InChI is InChI=1S/C27H52O3/c1-2-3-4-5-6-7-8-9-10-11-12-13-14-15-16-17-18-19-20-21-22-24-27(29)30-26-23-25-28/h22,24,28H,2-21,23,25-26H2,1H3. The van der Waals surface area contributed by atoms with Crippen molar-refractivity contribution in [2.45, 2.75) is 142 Å². The monoisotopic (exact) mass is 424 g/mol. The fraction of sp³-hybridized carbons (Fsp3) is 0.889. The van der Waals surface area contributed by atoms with Crippen molar-refractivity contribution in [2.24, 2.45) is 0 Å². The van der Waals surface area contributed by atoms with Crippen LogP contribution in [0.1, 0.15) is 142 Å². The molecule has 178 valence electrons. The third-order valence-corrected chi connectivity index (χ3v) is 5.78. The summed E-state index contributed by atoms with van der Waals surface area (Å²) in [5.41, 5.74) is 0. The Bertz CT molecular complexity index is 365. The number of hydrogen-bond acceptors (Lipinski definition) is 3. The van der Waals surface area contributed by atoms with Crippen LogP contribution in [0.5, 0.6) is 0 Å². The minimum Gasteiger partial charge on any atom is -0.462 e. The highest BCUT2D eigenvalue weighted by Crippen LogP contribution is 2.14. The molecule has 0 saturated carbocycles. The molecule has 0 aliphatic rings. The minimum absolute atomic E-state index is 0.0658. The number of carbonyl (C=O) groups is 1. The number of carbonyl (C=O) groups excluding carboxylic acids is 1. The second kappa shape index (κ2) is 26.2. The highest BCUT2D eigenvalue weighted by Gasteiger charge is 1.97. The van der Waals surface area contributed by atoms with E-state index in [0.29, 0.717) is 13.0 Å². The van der Waals surface area contributed by atoms with Crippen LogP contribution < -0.4 is 0 Å². The third kappa shape index (κ3) is 25.2. The van der Waals surface area contributed by atoms with E-state index in [1.165, 1.54) is 122 Å². The largest absolute Gasteiger partial charge is 0.462 e. The second-order valence-electron chi connectivity index (χ2n) is 8.80. The summed E-state index contributed by atoms with van der Waals surface area (Å²) < 4.78 is 4.94. The lowest BCUT2D eigenvalue weighted by Crippen LogP contribution is -2.03. The highest BCUT2D eigenvalue weighted by atomic mass is 16.5. The van der Waals surface area contributed by atoms with E-state index in [-0.39, 0.29) is 12.6 Å². The summed E-state index contributed by atoms with van der Waals surface area (Å²) in [7, 11) is 0. The number of allylic oxidation sites excluding steroid dienone is 1. The molecule has 0 bridgehead atoms. The number of aliphatic hydroxyl groups is 1. The third-order valence-electron chi connectivity index (χ3n) is 5.78. The lowest BCUT2D eigenvalue weighted by Gasteiger charge is -2.04. The zero-order valence-electron chi connectivity index (χ0n) is 20.2. The van der Waals surface area contributed by atoms with E-state index in [1.807, 2.05) is 6.08 Å². The molecule has 0 aromatic heterocycles. The lowest BCUT2D eigenvalue weighted by atomic mass is 10.0. The molecule has 0 fully saturated rings. The molecule has 0 aliphatic heterocycles. The molecule has 0 saturated heterocycles. The zero-order valence-corrected chi connectivity index (χ0v) is 20.2. The first-order valence-electron chi connectivity index (χ1n) is 13.3. The van der Waals surface area contributed by atoms with E-state index >= 15 is 0 Å². The van der Waals surface area contributed by atoms with Crippen molar-refractivity contribution in [1.82, 2.24) is 0 Å².